The highest BCUT2D eigenvalue weighted by Gasteiger charge is 2.13. The third-order valence-corrected chi connectivity index (χ3v) is 1.34. The largest absolute Gasteiger partial charge is 0.870 e. The quantitative estimate of drug-likeness (QED) is 0.621. The highest BCUT2D eigenvalue weighted by molar-refractivity contribution is 5.71. The predicted molar refractivity (Wildman–Crippen MR) is 75.9 cm³/mol. The van der Waals surface area contributed by atoms with Crippen LogP contribution in [0.4, 0.5) is 0 Å². The van der Waals surface area contributed by atoms with Crippen LogP contribution < -0.4 is 10.4 Å². The Labute approximate surface area is 118 Å². The molecule has 0 saturated carbocycles. The van der Waals surface area contributed by atoms with Crippen LogP contribution in [0, 0.1) is 0 Å². The highest BCUT2D eigenvalue weighted by atomic mass is 16.4. The molecule has 0 bridgehead atoms. The molecule has 0 aromatic carbocycles. The summed E-state index contributed by atoms with van der Waals surface area (Å²) in [6, 6.07) is -0.380. The fraction of sp³-hybridized carbons (Fsp3) is 0.923. The first kappa shape index (κ1) is 23.4. The summed E-state index contributed by atoms with van der Waals surface area (Å²) in [6.07, 6.45) is 1.68. The van der Waals surface area contributed by atoms with Gasteiger partial charge in [0.05, 0.1) is 62.4 Å². The minimum absolute atomic E-state index is 0. The van der Waals surface area contributed by atoms with Gasteiger partial charge in [-0.05, 0) is 19.4 Å². The standard InChI is InChI=1S/C5H9NO2.2C4H12N.H2O/c7-5(8)4-2-1-3-6-4;2*1-5(2,3)4;/h4,6H,1-3H2,(H,7,8);2*1-4H3;1H2/q;2*+1;/p-2/t4-;;;/m0.../s1. The fourth-order valence-electron chi connectivity index (χ4n) is 0.886. The molecule has 19 heavy (non-hydrogen) atoms. The van der Waals surface area contributed by atoms with Crippen molar-refractivity contribution in [2.24, 2.45) is 0 Å². The van der Waals surface area contributed by atoms with E-state index in [1.807, 2.05) is 0 Å². The molecule has 6 nitrogen and oxygen atoms in total. The first-order valence-electron chi connectivity index (χ1n) is 6.33. The molecule has 0 aromatic heterocycles. The Hall–Kier alpha value is -0.690. The fourth-order valence-corrected chi connectivity index (χ4v) is 0.886. The van der Waals surface area contributed by atoms with Gasteiger partial charge in [-0.3, -0.25) is 0 Å². The number of quaternary nitrogens is 2. The van der Waals surface area contributed by atoms with Crippen molar-refractivity contribution in [1.82, 2.24) is 5.32 Å². The molecule has 1 atom stereocenters. The summed E-state index contributed by atoms with van der Waals surface area (Å²) >= 11 is 0. The van der Waals surface area contributed by atoms with E-state index in [-0.39, 0.29) is 11.5 Å². The van der Waals surface area contributed by atoms with Crippen LogP contribution in [0.5, 0.6) is 0 Å². The normalized spacial score (nSPS) is 18.2. The van der Waals surface area contributed by atoms with Crippen molar-refractivity contribution >= 4 is 5.97 Å². The summed E-state index contributed by atoms with van der Waals surface area (Å²) in [5.74, 6) is -0.970. The van der Waals surface area contributed by atoms with Crippen LogP contribution >= 0.6 is 0 Å². The maximum atomic E-state index is 10.0. The van der Waals surface area contributed by atoms with Crippen molar-refractivity contribution in [2.75, 3.05) is 62.9 Å². The van der Waals surface area contributed by atoms with Gasteiger partial charge in [0.25, 0.3) is 0 Å². The molecule has 1 aliphatic rings. The maximum absolute atomic E-state index is 10.0. The van der Waals surface area contributed by atoms with Crippen molar-refractivity contribution < 1.29 is 24.3 Å². The van der Waals surface area contributed by atoms with E-state index in [0.717, 1.165) is 28.4 Å². The SMILES string of the molecule is C[N+](C)(C)C.C[N+](C)(C)C.O=C([O-])[C@@H]1CCCN1.[OH-]. The molecule has 0 aromatic rings. The Morgan fingerprint density at radius 2 is 1.32 bits per heavy atom. The van der Waals surface area contributed by atoms with Crippen LogP contribution in [0.15, 0.2) is 0 Å². The third-order valence-electron chi connectivity index (χ3n) is 1.34. The van der Waals surface area contributed by atoms with E-state index in [2.05, 4.69) is 61.7 Å². The van der Waals surface area contributed by atoms with E-state index in [0.29, 0.717) is 0 Å². The minimum atomic E-state index is -0.970. The molecule has 1 aliphatic heterocycles. The molecule has 118 valence electrons. The second-order valence-electron chi connectivity index (χ2n) is 7.33. The van der Waals surface area contributed by atoms with Crippen molar-refractivity contribution in [1.29, 1.82) is 0 Å². The van der Waals surface area contributed by atoms with Crippen LogP contribution in [0.25, 0.3) is 0 Å². The molecule has 0 radical (unpaired) electrons. The first-order chi connectivity index (χ1) is 7.80. The van der Waals surface area contributed by atoms with E-state index in [4.69, 9.17) is 0 Å². The lowest BCUT2D eigenvalue weighted by Gasteiger charge is -2.14. The molecule has 6 heteroatoms. The van der Waals surface area contributed by atoms with Gasteiger partial charge in [-0.25, -0.2) is 0 Å². The summed E-state index contributed by atoms with van der Waals surface area (Å²) in [5, 5.41) is 12.8. The van der Waals surface area contributed by atoms with Gasteiger partial charge >= 0.3 is 0 Å². The topological polar surface area (TPSA) is 82.2 Å². The van der Waals surface area contributed by atoms with Gasteiger partial charge in [0.2, 0.25) is 0 Å². The second-order valence-corrected chi connectivity index (χ2v) is 7.33. The van der Waals surface area contributed by atoms with Crippen LogP contribution in [-0.2, 0) is 4.79 Å². The molecular formula is C13H33N3O3. The molecule has 0 unspecified atom stereocenters. The zero-order valence-corrected chi connectivity index (χ0v) is 13.9. The lowest BCUT2D eigenvalue weighted by Crippen LogP contribution is -2.41. The van der Waals surface area contributed by atoms with E-state index in [9.17, 15) is 9.90 Å². The Balaban J connectivity index is -0.000000208. The lowest BCUT2D eigenvalue weighted by atomic mass is 10.2. The monoisotopic (exact) mass is 279 g/mol. The smallest absolute Gasteiger partial charge is 0.0675 e. The molecule has 1 rings (SSSR count). The number of nitrogens with one attached hydrogen (secondary N) is 1. The first-order valence-corrected chi connectivity index (χ1v) is 6.33. The summed E-state index contributed by atoms with van der Waals surface area (Å²) in [6.45, 7) is 0.818. The third kappa shape index (κ3) is 38.2. The van der Waals surface area contributed by atoms with Gasteiger partial charge < -0.3 is 29.7 Å². The molecule has 0 aliphatic carbocycles. The molecule has 1 saturated heterocycles. The van der Waals surface area contributed by atoms with Gasteiger partial charge in [-0.1, -0.05) is 0 Å². The van der Waals surface area contributed by atoms with Crippen LogP contribution in [0.1, 0.15) is 12.8 Å². The Morgan fingerprint density at radius 1 is 1.00 bits per heavy atom. The molecule has 0 amide bonds. The summed E-state index contributed by atoms with van der Waals surface area (Å²) in [5.41, 5.74) is 0. The molecular weight excluding hydrogens is 246 g/mol. The second kappa shape index (κ2) is 10.1. The number of carbonyl (C=O) groups is 1. The number of carboxylic acid groups (broad SMARTS) is 1. The number of hydrogen-bond donors (Lipinski definition) is 1. The van der Waals surface area contributed by atoms with Gasteiger partial charge in [-0.2, -0.15) is 0 Å². The van der Waals surface area contributed by atoms with E-state index in [1.54, 1.807) is 0 Å². The van der Waals surface area contributed by atoms with Crippen LogP contribution in [0.2, 0.25) is 0 Å². The average molecular weight is 279 g/mol. The summed E-state index contributed by atoms with van der Waals surface area (Å²) in [7, 11) is 17.0. The van der Waals surface area contributed by atoms with Crippen molar-refractivity contribution in [3.8, 4) is 0 Å². The van der Waals surface area contributed by atoms with Gasteiger partial charge in [0.15, 0.2) is 0 Å². The molecule has 1 fully saturated rings. The number of hydrogen-bond acceptors (Lipinski definition) is 4. The number of carbonyl (C=O) groups excluding carboxylic acids is 1. The highest BCUT2D eigenvalue weighted by Crippen LogP contribution is 2.02. The Bertz CT molecular complexity index is 202. The van der Waals surface area contributed by atoms with Crippen LogP contribution in [0.3, 0.4) is 0 Å². The van der Waals surface area contributed by atoms with Crippen molar-refractivity contribution in [3.63, 3.8) is 0 Å². The molecule has 0 spiro atoms. The van der Waals surface area contributed by atoms with E-state index < -0.39 is 5.97 Å². The average Bonchev–Trinajstić information content (AvgIpc) is 2.46. The summed E-state index contributed by atoms with van der Waals surface area (Å²) in [4.78, 5) is 10.0. The zero-order valence-electron chi connectivity index (χ0n) is 13.9. The Kier molecular flexibility index (Phi) is 12.5. The van der Waals surface area contributed by atoms with E-state index >= 15 is 0 Å². The van der Waals surface area contributed by atoms with Gasteiger partial charge in [0, 0.05) is 6.04 Å². The number of nitrogens with zero attached hydrogens (tertiary/aromatic N) is 2. The van der Waals surface area contributed by atoms with Crippen molar-refractivity contribution in [2.45, 2.75) is 18.9 Å². The molecule has 2 N–H and O–H groups in total. The maximum Gasteiger partial charge on any atom is 0.0675 e. The predicted octanol–water partition coefficient (Wildman–Crippen LogP) is -1.04. The lowest BCUT2D eigenvalue weighted by molar-refractivity contribution is -0.849. The molecule has 1 heterocycles. The Morgan fingerprint density at radius 3 is 1.42 bits per heavy atom. The van der Waals surface area contributed by atoms with Gasteiger partial charge in [0.1, 0.15) is 0 Å². The van der Waals surface area contributed by atoms with E-state index in [1.165, 1.54) is 0 Å². The number of aliphatic carboxylic acids is 1. The minimum Gasteiger partial charge on any atom is -0.870 e. The summed E-state index contributed by atoms with van der Waals surface area (Å²) < 4.78 is 2.00. The zero-order chi connectivity index (χ0) is 15.0. The number of rotatable bonds is 1. The van der Waals surface area contributed by atoms with Crippen LogP contribution in [-0.4, -0.2) is 89.4 Å². The van der Waals surface area contributed by atoms with Gasteiger partial charge in [-0.15, -0.1) is 0 Å². The number of carboxylic acids is 1. The van der Waals surface area contributed by atoms with Crippen molar-refractivity contribution in [3.05, 3.63) is 0 Å².